The Morgan fingerprint density at radius 3 is 2.88 bits per heavy atom. The molecule has 0 amide bonds. The maximum Gasteiger partial charge on any atom is 0.141 e. The van der Waals surface area contributed by atoms with Crippen LogP contribution in [0.2, 0.25) is 5.02 Å². The Kier molecular flexibility index (Phi) is 3.97. The molecular weight excluding hydrogens is 264 g/mol. The quantitative estimate of drug-likeness (QED) is 0.802. The van der Waals surface area contributed by atoms with E-state index in [1.165, 1.54) is 6.07 Å². The standard InChI is InChI=1S/C11H10Cl2FN3/c12-4-3-9-7-17(16-15-9)6-8-1-2-11(14)10(13)5-8/h1-2,5,7H,3-4,6H2. The first-order chi connectivity index (χ1) is 8.19. The monoisotopic (exact) mass is 273 g/mol. The van der Waals surface area contributed by atoms with Gasteiger partial charge < -0.3 is 0 Å². The number of hydrogen-bond acceptors (Lipinski definition) is 2. The molecule has 0 fully saturated rings. The number of hydrogen-bond donors (Lipinski definition) is 0. The Bertz CT molecular complexity index is 513. The number of benzene rings is 1. The summed E-state index contributed by atoms with van der Waals surface area (Å²) < 4.78 is 14.6. The van der Waals surface area contributed by atoms with Gasteiger partial charge in [0.1, 0.15) is 5.82 Å². The molecule has 1 heterocycles. The molecule has 6 heteroatoms. The summed E-state index contributed by atoms with van der Waals surface area (Å²) >= 11 is 11.3. The largest absolute Gasteiger partial charge is 0.248 e. The van der Waals surface area contributed by atoms with Gasteiger partial charge in [-0.1, -0.05) is 22.9 Å². The maximum absolute atomic E-state index is 13.0. The molecule has 17 heavy (non-hydrogen) atoms. The van der Waals surface area contributed by atoms with Crippen molar-refractivity contribution in [3.8, 4) is 0 Å². The Morgan fingerprint density at radius 2 is 2.18 bits per heavy atom. The first-order valence-corrected chi connectivity index (χ1v) is 5.99. The summed E-state index contributed by atoms with van der Waals surface area (Å²) in [4.78, 5) is 0. The molecule has 0 saturated carbocycles. The van der Waals surface area contributed by atoms with Gasteiger partial charge >= 0.3 is 0 Å². The maximum atomic E-state index is 13.0. The number of aromatic nitrogens is 3. The lowest BCUT2D eigenvalue weighted by Gasteiger charge is -2.02. The van der Waals surface area contributed by atoms with Crippen molar-refractivity contribution in [2.24, 2.45) is 0 Å². The molecule has 0 atom stereocenters. The van der Waals surface area contributed by atoms with Crippen LogP contribution in [0.5, 0.6) is 0 Å². The van der Waals surface area contributed by atoms with Gasteiger partial charge in [-0.05, 0) is 17.7 Å². The molecule has 0 N–H and O–H groups in total. The van der Waals surface area contributed by atoms with E-state index in [1.54, 1.807) is 16.8 Å². The molecule has 1 aromatic carbocycles. The highest BCUT2D eigenvalue weighted by atomic mass is 35.5. The SMILES string of the molecule is Fc1ccc(Cn2cc(CCCl)nn2)cc1Cl. The van der Waals surface area contributed by atoms with E-state index in [1.807, 2.05) is 6.20 Å². The van der Waals surface area contributed by atoms with Crippen molar-refractivity contribution in [2.45, 2.75) is 13.0 Å². The summed E-state index contributed by atoms with van der Waals surface area (Å²) in [5, 5.41) is 8.03. The number of halogens is 3. The average molecular weight is 274 g/mol. The van der Waals surface area contributed by atoms with E-state index in [4.69, 9.17) is 23.2 Å². The van der Waals surface area contributed by atoms with Gasteiger partial charge in [0.25, 0.3) is 0 Å². The minimum absolute atomic E-state index is 0.114. The summed E-state index contributed by atoms with van der Waals surface area (Å²) in [6, 6.07) is 4.60. The second-order valence-electron chi connectivity index (χ2n) is 3.59. The highest BCUT2D eigenvalue weighted by molar-refractivity contribution is 6.30. The van der Waals surface area contributed by atoms with E-state index in [9.17, 15) is 4.39 Å². The van der Waals surface area contributed by atoms with E-state index < -0.39 is 5.82 Å². The number of rotatable bonds is 4. The molecule has 0 aliphatic carbocycles. The normalized spacial score (nSPS) is 10.8. The van der Waals surface area contributed by atoms with Crippen LogP contribution in [-0.4, -0.2) is 20.9 Å². The smallest absolute Gasteiger partial charge is 0.141 e. The second-order valence-corrected chi connectivity index (χ2v) is 4.38. The molecule has 0 unspecified atom stereocenters. The Hall–Kier alpha value is -1.13. The fourth-order valence-corrected chi connectivity index (χ4v) is 1.85. The predicted molar refractivity (Wildman–Crippen MR) is 65.0 cm³/mol. The van der Waals surface area contributed by atoms with Crippen LogP contribution in [0.1, 0.15) is 11.3 Å². The third-order valence-electron chi connectivity index (χ3n) is 2.27. The summed E-state index contributed by atoms with van der Waals surface area (Å²) in [6.45, 7) is 0.509. The van der Waals surface area contributed by atoms with Crippen LogP contribution in [0.25, 0.3) is 0 Å². The van der Waals surface area contributed by atoms with Gasteiger partial charge in [-0.15, -0.1) is 16.7 Å². The van der Waals surface area contributed by atoms with Crippen LogP contribution in [0, 0.1) is 5.82 Å². The summed E-state index contributed by atoms with van der Waals surface area (Å²) in [6.07, 6.45) is 2.51. The Balaban J connectivity index is 2.11. The van der Waals surface area contributed by atoms with Crippen LogP contribution in [0.15, 0.2) is 24.4 Å². The Morgan fingerprint density at radius 1 is 1.35 bits per heavy atom. The Labute approximate surface area is 108 Å². The molecule has 0 aliphatic heterocycles. The summed E-state index contributed by atoms with van der Waals surface area (Å²) in [5.41, 5.74) is 1.71. The van der Waals surface area contributed by atoms with Crippen LogP contribution < -0.4 is 0 Å². The summed E-state index contributed by atoms with van der Waals surface area (Å²) in [5.74, 6) is 0.0954. The number of nitrogens with zero attached hydrogens (tertiary/aromatic N) is 3. The van der Waals surface area contributed by atoms with Gasteiger partial charge in [-0.2, -0.15) is 0 Å². The average Bonchev–Trinajstić information content (AvgIpc) is 2.72. The van der Waals surface area contributed by atoms with Gasteiger partial charge in [0, 0.05) is 18.5 Å². The lowest BCUT2D eigenvalue weighted by atomic mass is 10.2. The second kappa shape index (κ2) is 5.47. The topological polar surface area (TPSA) is 30.7 Å². The van der Waals surface area contributed by atoms with Gasteiger partial charge in [-0.25, -0.2) is 9.07 Å². The molecular formula is C11H10Cl2FN3. The molecule has 0 radical (unpaired) electrons. The lowest BCUT2D eigenvalue weighted by Crippen LogP contribution is -2.00. The number of alkyl halides is 1. The van der Waals surface area contributed by atoms with Crippen molar-refractivity contribution in [3.63, 3.8) is 0 Å². The van der Waals surface area contributed by atoms with Gasteiger partial charge in [0.15, 0.2) is 0 Å². The first kappa shape index (κ1) is 12.3. The van der Waals surface area contributed by atoms with Gasteiger partial charge in [-0.3, -0.25) is 0 Å². The molecule has 2 aromatic rings. The lowest BCUT2D eigenvalue weighted by molar-refractivity contribution is 0.622. The van der Waals surface area contributed by atoms with E-state index in [2.05, 4.69) is 10.3 Å². The molecule has 0 saturated heterocycles. The number of aryl methyl sites for hydroxylation is 1. The fraction of sp³-hybridized carbons (Fsp3) is 0.273. The zero-order valence-electron chi connectivity index (χ0n) is 8.91. The third-order valence-corrected chi connectivity index (χ3v) is 2.74. The fourth-order valence-electron chi connectivity index (χ4n) is 1.45. The van der Waals surface area contributed by atoms with E-state index in [0.29, 0.717) is 18.8 Å². The minimum Gasteiger partial charge on any atom is -0.248 e. The van der Waals surface area contributed by atoms with Crippen LogP contribution in [-0.2, 0) is 13.0 Å². The van der Waals surface area contributed by atoms with Crippen LogP contribution in [0.4, 0.5) is 4.39 Å². The van der Waals surface area contributed by atoms with Crippen molar-refractivity contribution in [3.05, 3.63) is 46.5 Å². The molecule has 2 rings (SSSR count). The molecule has 0 spiro atoms. The minimum atomic E-state index is -0.420. The first-order valence-electron chi connectivity index (χ1n) is 5.08. The van der Waals surface area contributed by atoms with Crippen molar-refractivity contribution in [1.82, 2.24) is 15.0 Å². The molecule has 1 aromatic heterocycles. The molecule has 3 nitrogen and oxygen atoms in total. The zero-order chi connectivity index (χ0) is 12.3. The highest BCUT2D eigenvalue weighted by Gasteiger charge is 2.04. The molecule has 0 aliphatic rings. The van der Waals surface area contributed by atoms with Crippen molar-refractivity contribution in [1.29, 1.82) is 0 Å². The van der Waals surface area contributed by atoms with Gasteiger partial charge in [0.2, 0.25) is 0 Å². The van der Waals surface area contributed by atoms with Crippen molar-refractivity contribution in [2.75, 3.05) is 5.88 Å². The van der Waals surface area contributed by atoms with Crippen LogP contribution in [0.3, 0.4) is 0 Å². The van der Waals surface area contributed by atoms with Crippen molar-refractivity contribution >= 4 is 23.2 Å². The van der Waals surface area contributed by atoms with Crippen molar-refractivity contribution < 1.29 is 4.39 Å². The summed E-state index contributed by atoms with van der Waals surface area (Å²) in [7, 11) is 0. The van der Waals surface area contributed by atoms with E-state index in [0.717, 1.165) is 11.3 Å². The third kappa shape index (κ3) is 3.17. The molecule has 0 bridgehead atoms. The van der Waals surface area contributed by atoms with E-state index >= 15 is 0 Å². The highest BCUT2D eigenvalue weighted by Crippen LogP contribution is 2.16. The van der Waals surface area contributed by atoms with Gasteiger partial charge in [0.05, 0.1) is 17.3 Å². The van der Waals surface area contributed by atoms with Crippen LogP contribution >= 0.6 is 23.2 Å². The molecule has 90 valence electrons. The van der Waals surface area contributed by atoms with E-state index in [-0.39, 0.29) is 5.02 Å². The predicted octanol–water partition coefficient (Wildman–Crippen LogP) is 2.90. The zero-order valence-corrected chi connectivity index (χ0v) is 10.4.